The lowest BCUT2D eigenvalue weighted by molar-refractivity contribution is 0.103. The molecule has 0 saturated heterocycles. The maximum absolute atomic E-state index is 12.8. The summed E-state index contributed by atoms with van der Waals surface area (Å²) in [4.78, 5) is 17.5. The Morgan fingerprint density at radius 2 is 1.23 bits per heavy atom. The second-order valence-corrected chi connectivity index (χ2v) is 5.22. The number of rotatable bonds is 2. The first-order valence-electron chi connectivity index (χ1n) is 7.22. The predicted octanol–water partition coefficient (Wildman–Crippen LogP) is 4.62. The average Bonchev–Trinajstić information content (AvgIpc) is 2.61. The maximum atomic E-state index is 12.8. The zero-order valence-corrected chi connectivity index (χ0v) is 11.9. The molecule has 1 heterocycles. The summed E-state index contributed by atoms with van der Waals surface area (Å²) in [6.07, 6.45) is 0. The molecule has 0 aliphatic rings. The van der Waals surface area contributed by atoms with Crippen LogP contribution in [0.5, 0.6) is 0 Å². The molecule has 0 fully saturated rings. The van der Waals surface area contributed by atoms with Crippen molar-refractivity contribution in [1.29, 1.82) is 0 Å². The van der Waals surface area contributed by atoms with Crippen molar-refractivity contribution in [2.45, 2.75) is 0 Å². The van der Waals surface area contributed by atoms with E-state index in [9.17, 15) is 4.79 Å². The number of carbonyl (C=O) groups excluding carboxylic acids is 1. The predicted molar refractivity (Wildman–Crippen MR) is 89.1 cm³/mol. The number of nitrogens with zero attached hydrogens (tertiary/aromatic N) is 1. The third-order valence-corrected chi connectivity index (χ3v) is 3.86. The summed E-state index contributed by atoms with van der Waals surface area (Å²) in [6, 6.07) is 25.2. The highest BCUT2D eigenvalue weighted by Gasteiger charge is 2.15. The topological polar surface area (TPSA) is 30.0 Å². The number of para-hydroxylation sites is 1. The van der Waals surface area contributed by atoms with Gasteiger partial charge in [-0.05, 0) is 11.5 Å². The molecule has 4 aromatic rings. The largest absolute Gasteiger partial charge is 0.287 e. The average molecular weight is 283 g/mol. The van der Waals surface area contributed by atoms with Gasteiger partial charge >= 0.3 is 0 Å². The van der Waals surface area contributed by atoms with Gasteiger partial charge in [-0.3, -0.25) is 4.79 Å². The molecule has 1 aromatic heterocycles. The Bertz CT molecular complexity index is 990. The quantitative estimate of drug-likeness (QED) is 0.397. The summed E-state index contributed by atoms with van der Waals surface area (Å²) in [7, 11) is 0. The van der Waals surface area contributed by atoms with Crippen LogP contribution >= 0.6 is 0 Å². The van der Waals surface area contributed by atoms with Gasteiger partial charge in [-0.15, -0.1) is 0 Å². The summed E-state index contributed by atoms with van der Waals surface area (Å²) in [5.74, 6) is -0.0393. The molecule has 4 rings (SSSR count). The third-order valence-electron chi connectivity index (χ3n) is 3.86. The van der Waals surface area contributed by atoms with Crippen LogP contribution in [0.15, 0.2) is 78.9 Å². The third kappa shape index (κ3) is 1.97. The van der Waals surface area contributed by atoms with E-state index in [0.717, 1.165) is 21.7 Å². The molecule has 104 valence electrons. The van der Waals surface area contributed by atoms with Crippen molar-refractivity contribution >= 4 is 27.5 Å². The van der Waals surface area contributed by atoms with Crippen LogP contribution in [-0.2, 0) is 0 Å². The van der Waals surface area contributed by atoms with Gasteiger partial charge in [0.25, 0.3) is 0 Å². The minimum absolute atomic E-state index is 0.0393. The monoisotopic (exact) mass is 283 g/mol. The van der Waals surface area contributed by atoms with E-state index < -0.39 is 0 Å². The van der Waals surface area contributed by atoms with E-state index in [0.29, 0.717) is 11.3 Å². The fourth-order valence-electron chi connectivity index (χ4n) is 2.80. The van der Waals surface area contributed by atoms with Crippen LogP contribution in [0.2, 0.25) is 0 Å². The molecule has 2 heteroatoms. The smallest absolute Gasteiger partial charge is 0.212 e. The normalized spacial score (nSPS) is 10.9. The highest BCUT2D eigenvalue weighted by atomic mass is 16.1. The van der Waals surface area contributed by atoms with Gasteiger partial charge in [0.2, 0.25) is 5.78 Å². The van der Waals surface area contributed by atoms with Crippen molar-refractivity contribution in [1.82, 2.24) is 4.98 Å². The van der Waals surface area contributed by atoms with Crippen LogP contribution in [0.3, 0.4) is 0 Å². The molecular formula is C20H13NO. The Hall–Kier alpha value is -3.00. The minimum Gasteiger partial charge on any atom is -0.287 e. The zero-order valence-electron chi connectivity index (χ0n) is 11.9. The second-order valence-electron chi connectivity index (χ2n) is 5.22. The van der Waals surface area contributed by atoms with Crippen molar-refractivity contribution in [3.8, 4) is 0 Å². The Morgan fingerprint density at radius 3 is 2.00 bits per heavy atom. The van der Waals surface area contributed by atoms with Crippen molar-refractivity contribution < 1.29 is 4.79 Å². The molecule has 0 saturated carbocycles. The van der Waals surface area contributed by atoms with Crippen molar-refractivity contribution in [3.63, 3.8) is 0 Å². The van der Waals surface area contributed by atoms with E-state index in [1.54, 1.807) is 0 Å². The number of benzene rings is 3. The molecule has 22 heavy (non-hydrogen) atoms. The summed E-state index contributed by atoms with van der Waals surface area (Å²) in [6.45, 7) is 0. The molecule has 0 radical (unpaired) electrons. The lowest BCUT2D eigenvalue weighted by atomic mass is 9.99. The van der Waals surface area contributed by atoms with E-state index in [-0.39, 0.29) is 5.78 Å². The van der Waals surface area contributed by atoms with Crippen LogP contribution in [0.4, 0.5) is 0 Å². The molecule has 0 aliphatic heterocycles. The molecule has 0 spiro atoms. The van der Waals surface area contributed by atoms with Gasteiger partial charge in [-0.1, -0.05) is 72.8 Å². The van der Waals surface area contributed by atoms with Crippen LogP contribution in [0, 0.1) is 0 Å². The Labute approximate surface area is 128 Å². The summed E-state index contributed by atoms with van der Waals surface area (Å²) >= 11 is 0. The van der Waals surface area contributed by atoms with Gasteiger partial charge in [0.15, 0.2) is 0 Å². The highest BCUT2D eigenvalue weighted by Crippen LogP contribution is 2.27. The molecule has 0 atom stereocenters. The van der Waals surface area contributed by atoms with E-state index in [1.165, 1.54) is 0 Å². The number of pyridine rings is 1. The lowest BCUT2D eigenvalue weighted by Gasteiger charge is -2.09. The number of fused-ring (bicyclic) bond motifs is 3. The Balaban J connectivity index is 2.06. The number of carbonyl (C=O) groups is 1. The summed E-state index contributed by atoms with van der Waals surface area (Å²) in [5, 5.41) is 3.03. The number of ketones is 1. The summed E-state index contributed by atoms with van der Waals surface area (Å²) < 4.78 is 0. The van der Waals surface area contributed by atoms with Crippen LogP contribution in [0.25, 0.3) is 21.7 Å². The SMILES string of the molecule is O=C(c1ccccc1)c1nc2ccccc2c2ccccc12. The van der Waals surface area contributed by atoms with Gasteiger partial charge in [0, 0.05) is 16.3 Å². The van der Waals surface area contributed by atoms with Crippen LogP contribution in [0.1, 0.15) is 16.1 Å². The van der Waals surface area contributed by atoms with Crippen molar-refractivity contribution in [2.75, 3.05) is 0 Å². The first-order valence-corrected chi connectivity index (χ1v) is 7.22. The molecule has 3 aromatic carbocycles. The lowest BCUT2D eigenvalue weighted by Crippen LogP contribution is -2.05. The van der Waals surface area contributed by atoms with Gasteiger partial charge in [-0.2, -0.15) is 0 Å². The van der Waals surface area contributed by atoms with E-state index >= 15 is 0 Å². The highest BCUT2D eigenvalue weighted by molar-refractivity contribution is 6.19. The van der Waals surface area contributed by atoms with Crippen molar-refractivity contribution in [3.05, 3.63) is 90.1 Å². The van der Waals surface area contributed by atoms with Gasteiger partial charge < -0.3 is 0 Å². The number of aromatic nitrogens is 1. The molecule has 2 nitrogen and oxygen atoms in total. The number of hydrogen-bond acceptors (Lipinski definition) is 2. The molecule has 0 bridgehead atoms. The standard InChI is InChI=1S/C20H13NO/c22-20(14-8-2-1-3-9-14)19-17-12-5-4-10-15(17)16-11-6-7-13-18(16)21-19/h1-13H. The van der Waals surface area contributed by atoms with Gasteiger partial charge in [0.1, 0.15) is 5.69 Å². The maximum Gasteiger partial charge on any atom is 0.212 e. The zero-order chi connectivity index (χ0) is 14.9. The Morgan fingerprint density at radius 1 is 0.636 bits per heavy atom. The molecule has 0 unspecified atom stereocenters. The van der Waals surface area contributed by atoms with Gasteiger partial charge in [0.05, 0.1) is 5.52 Å². The Kier molecular flexibility index (Phi) is 2.94. The van der Waals surface area contributed by atoms with Crippen molar-refractivity contribution in [2.24, 2.45) is 0 Å². The number of hydrogen-bond donors (Lipinski definition) is 0. The van der Waals surface area contributed by atoms with Gasteiger partial charge in [-0.25, -0.2) is 4.98 Å². The van der Waals surface area contributed by atoms with E-state index in [4.69, 9.17) is 0 Å². The first-order chi connectivity index (χ1) is 10.8. The second kappa shape index (κ2) is 5.08. The van der Waals surface area contributed by atoms with Crippen LogP contribution < -0.4 is 0 Å². The molecular weight excluding hydrogens is 270 g/mol. The molecule has 0 amide bonds. The fraction of sp³-hybridized carbons (Fsp3) is 0. The van der Waals surface area contributed by atoms with E-state index in [1.807, 2.05) is 78.9 Å². The first kappa shape index (κ1) is 12.7. The molecule has 0 N–H and O–H groups in total. The van der Waals surface area contributed by atoms with Crippen LogP contribution in [-0.4, -0.2) is 10.8 Å². The van der Waals surface area contributed by atoms with E-state index in [2.05, 4.69) is 4.98 Å². The summed E-state index contributed by atoms with van der Waals surface area (Å²) in [5.41, 5.74) is 2.02. The molecule has 0 aliphatic carbocycles. The minimum atomic E-state index is -0.0393. The fourth-order valence-corrected chi connectivity index (χ4v) is 2.80.